The van der Waals surface area contributed by atoms with Gasteiger partial charge in [-0.1, -0.05) is 36.4 Å². The van der Waals surface area contributed by atoms with E-state index in [0.29, 0.717) is 5.56 Å². The average molecular weight is 262 g/mol. The molecule has 0 spiro atoms. The van der Waals surface area contributed by atoms with Crippen molar-refractivity contribution in [2.24, 2.45) is 0 Å². The van der Waals surface area contributed by atoms with Crippen molar-refractivity contribution in [3.8, 4) is 0 Å². The minimum absolute atomic E-state index is 0.114. The number of aryl methyl sites for hydroxylation is 1. The summed E-state index contributed by atoms with van der Waals surface area (Å²) in [5.74, 6) is -3.14. The Balaban J connectivity index is 2.38. The summed E-state index contributed by atoms with van der Waals surface area (Å²) in [4.78, 5) is 12.0. The van der Waals surface area contributed by atoms with Crippen molar-refractivity contribution in [1.82, 2.24) is 0 Å². The molecule has 2 rings (SSSR count). The second-order valence-electron chi connectivity index (χ2n) is 4.24. The van der Waals surface area contributed by atoms with Crippen molar-refractivity contribution in [3.63, 3.8) is 0 Å². The maximum atomic E-state index is 13.7. The van der Waals surface area contributed by atoms with Gasteiger partial charge >= 0.3 is 0 Å². The molecule has 2 aromatic rings. The van der Waals surface area contributed by atoms with Gasteiger partial charge in [0.1, 0.15) is 6.10 Å². The molecule has 0 amide bonds. The molecule has 0 aliphatic carbocycles. The Morgan fingerprint density at radius 1 is 1.05 bits per heavy atom. The number of aliphatic hydroxyl groups is 1. The first-order valence-electron chi connectivity index (χ1n) is 5.74. The lowest BCUT2D eigenvalue weighted by Gasteiger charge is -2.11. The van der Waals surface area contributed by atoms with Crippen LogP contribution in [0.3, 0.4) is 0 Å². The Bertz CT molecular complexity index is 609. The van der Waals surface area contributed by atoms with Gasteiger partial charge in [-0.2, -0.15) is 0 Å². The fraction of sp³-hybridized carbons (Fsp3) is 0.133. The summed E-state index contributed by atoms with van der Waals surface area (Å²) >= 11 is 0. The number of carbonyl (C=O) groups is 1. The van der Waals surface area contributed by atoms with Gasteiger partial charge in [-0.3, -0.25) is 4.79 Å². The third kappa shape index (κ3) is 2.53. The molecule has 2 nitrogen and oxygen atoms in total. The van der Waals surface area contributed by atoms with Crippen molar-refractivity contribution in [2.45, 2.75) is 13.0 Å². The first kappa shape index (κ1) is 13.4. The third-order valence-corrected chi connectivity index (χ3v) is 2.90. The Morgan fingerprint density at radius 2 is 1.68 bits per heavy atom. The molecule has 0 fully saturated rings. The second-order valence-corrected chi connectivity index (χ2v) is 4.24. The number of benzene rings is 2. The average Bonchev–Trinajstić information content (AvgIpc) is 2.44. The van der Waals surface area contributed by atoms with Crippen LogP contribution in [-0.4, -0.2) is 10.9 Å². The van der Waals surface area contributed by atoms with Crippen LogP contribution in [0.1, 0.15) is 27.6 Å². The number of rotatable bonds is 3. The standard InChI is InChI=1S/C15H12F2O2/c1-9-7-8-11(13(17)12(9)16)15(19)14(18)10-5-3-2-4-6-10/h2-8,14,18H,1H3. The van der Waals surface area contributed by atoms with Crippen molar-refractivity contribution < 1.29 is 18.7 Å². The SMILES string of the molecule is Cc1ccc(C(=O)C(O)c2ccccc2)c(F)c1F. The highest BCUT2D eigenvalue weighted by Crippen LogP contribution is 2.22. The van der Waals surface area contributed by atoms with Gasteiger partial charge in [-0.15, -0.1) is 0 Å². The summed E-state index contributed by atoms with van der Waals surface area (Å²) in [6, 6.07) is 10.6. The predicted molar refractivity (Wildman–Crippen MR) is 66.8 cm³/mol. The van der Waals surface area contributed by atoms with Crippen LogP contribution in [0.15, 0.2) is 42.5 Å². The summed E-state index contributed by atoms with van der Waals surface area (Å²) in [6.45, 7) is 1.40. The Labute approximate surface area is 109 Å². The molecule has 0 aliphatic rings. The van der Waals surface area contributed by atoms with Crippen molar-refractivity contribution in [1.29, 1.82) is 0 Å². The van der Waals surface area contributed by atoms with E-state index in [4.69, 9.17) is 0 Å². The molecule has 0 saturated heterocycles. The minimum Gasteiger partial charge on any atom is -0.380 e. The van der Waals surface area contributed by atoms with Crippen LogP contribution in [-0.2, 0) is 0 Å². The number of Topliss-reactive ketones (excluding diaryl/α,β-unsaturated/α-hetero) is 1. The highest BCUT2D eigenvalue weighted by Gasteiger charge is 2.24. The summed E-state index contributed by atoms with van der Waals surface area (Å²) < 4.78 is 27.1. The van der Waals surface area contributed by atoms with Gasteiger partial charge < -0.3 is 5.11 Å². The van der Waals surface area contributed by atoms with Crippen LogP contribution >= 0.6 is 0 Å². The number of hydrogen-bond acceptors (Lipinski definition) is 2. The predicted octanol–water partition coefficient (Wildman–Crippen LogP) is 3.19. The normalized spacial score (nSPS) is 12.2. The van der Waals surface area contributed by atoms with E-state index in [1.165, 1.54) is 19.1 Å². The lowest BCUT2D eigenvalue weighted by molar-refractivity contribution is 0.0742. The molecule has 0 saturated carbocycles. The van der Waals surface area contributed by atoms with Gasteiger partial charge in [0.2, 0.25) is 0 Å². The van der Waals surface area contributed by atoms with Crippen LogP contribution in [0.5, 0.6) is 0 Å². The Hall–Kier alpha value is -2.07. The molecule has 1 unspecified atom stereocenters. The van der Waals surface area contributed by atoms with E-state index in [1.807, 2.05) is 0 Å². The van der Waals surface area contributed by atoms with Gasteiger partial charge in [0.15, 0.2) is 17.4 Å². The van der Waals surface area contributed by atoms with Crippen LogP contribution in [0.2, 0.25) is 0 Å². The number of hydrogen-bond donors (Lipinski definition) is 1. The number of halogens is 2. The Kier molecular flexibility index (Phi) is 3.71. The zero-order valence-electron chi connectivity index (χ0n) is 10.2. The number of aliphatic hydroxyl groups excluding tert-OH is 1. The lowest BCUT2D eigenvalue weighted by atomic mass is 9.98. The fourth-order valence-electron chi connectivity index (χ4n) is 1.77. The first-order valence-corrected chi connectivity index (χ1v) is 5.74. The van der Waals surface area contributed by atoms with Crippen molar-refractivity contribution in [3.05, 3.63) is 70.8 Å². The van der Waals surface area contributed by atoms with E-state index in [-0.39, 0.29) is 5.56 Å². The lowest BCUT2D eigenvalue weighted by Crippen LogP contribution is -2.15. The molecule has 0 bridgehead atoms. The number of ketones is 1. The van der Waals surface area contributed by atoms with Gasteiger partial charge in [0, 0.05) is 0 Å². The first-order chi connectivity index (χ1) is 9.02. The molecular weight excluding hydrogens is 250 g/mol. The van der Waals surface area contributed by atoms with Crippen molar-refractivity contribution >= 4 is 5.78 Å². The van der Waals surface area contributed by atoms with Crippen LogP contribution in [0.4, 0.5) is 8.78 Å². The zero-order valence-corrected chi connectivity index (χ0v) is 10.2. The summed E-state index contributed by atoms with van der Waals surface area (Å²) in [7, 11) is 0. The van der Waals surface area contributed by atoms with Crippen molar-refractivity contribution in [2.75, 3.05) is 0 Å². The molecule has 4 heteroatoms. The monoisotopic (exact) mass is 262 g/mol. The molecule has 0 heterocycles. The van der Waals surface area contributed by atoms with Gasteiger partial charge in [0.25, 0.3) is 0 Å². The second kappa shape index (κ2) is 5.28. The molecule has 0 aromatic heterocycles. The van der Waals surface area contributed by atoms with E-state index in [0.717, 1.165) is 0 Å². The van der Waals surface area contributed by atoms with Gasteiger partial charge in [-0.25, -0.2) is 8.78 Å². The van der Waals surface area contributed by atoms with E-state index in [2.05, 4.69) is 0 Å². The molecule has 1 N–H and O–H groups in total. The highest BCUT2D eigenvalue weighted by molar-refractivity contribution is 6.00. The minimum atomic E-state index is -1.50. The zero-order chi connectivity index (χ0) is 14.0. The van der Waals surface area contributed by atoms with E-state index in [1.54, 1.807) is 30.3 Å². The molecule has 0 aliphatic heterocycles. The fourth-order valence-corrected chi connectivity index (χ4v) is 1.77. The Morgan fingerprint density at radius 3 is 2.32 bits per heavy atom. The summed E-state index contributed by atoms with van der Waals surface area (Å²) in [6.07, 6.45) is -1.50. The molecule has 2 aromatic carbocycles. The molecular formula is C15H12F2O2. The summed E-state index contributed by atoms with van der Waals surface area (Å²) in [5.41, 5.74) is 0.00980. The quantitative estimate of drug-likeness (QED) is 0.862. The highest BCUT2D eigenvalue weighted by atomic mass is 19.2. The summed E-state index contributed by atoms with van der Waals surface area (Å²) in [5, 5.41) is 9.89. The van der Waals surface area contributed by atoms with Crippen LogP contribution < -0.4 is 0 Å². The van der Waals surface area contributed by atoms with Crippen LogP contribution in [0.25, 0.3) is 0 Å². The van der Waals surface area contributed by atoms with Crippen LogP contribution in [0, 0.1) is 18.6 Å². The molecule has 1 atom stereocenters. The molecule has 98 valence electrons. The maximum absolute atomic E-state index is 13.7. The third-order valence-electron chi connectivity index (χ3n) is 2.90. The topological polar surface area (TPSA) is 37.3 Å². The smallest absolute Gasteiger partial charge is 0.198 e. The largest absolute Gasteiger partial charge is 0.380 e. The molecule has 19 heavy (non-hydrogen) atoms. The van der Waals surface area contributed by atoms with Gasteiger partial charge in [0.05, 0.1) is 5.56 Å². The maximum Gasteiger partial charge on any atom is 0.198 e. The molecule has 0 radical (unpaired) electrons. The number of carbonyl (C=O) groups excluding carboxylic acids is 1. The van der Waals surface area contributed by atoms with Gasteiger partial charge in [-0.05, 0) is 24.1 Å². The van der Waals surface area contributed by atoms with E-state index >= 15 is 0 Å². The van der Waals surface area contributed by atoms with E-state index < -0.39 is 29.1 Å². The van der Waals surface area contributed by atoms with E-state index in [9.17, 15) is 18.7 Å².